The molecule has 20 heavy (non-hydrogen) atoms. The lowest BCUT2D eigenvalue weighted by Gasteiger charge is -2.20. The van der Waals surface area contributed by atoms with Crippen LogP contribution in [-0.4, -0.2) is 44.7 Å². The molecule has 0 saturated heterocycles. The molecule has 0 aromatic heterocycles. The zero-order valence-corrected chi connectivity index (χ0v) is 12.5. The molecule has 0 saturated carbocycles. The molecule has 0 amide bonds. The maximum Gasteiger partial charge on any atom is 0.309 e. The third-order valence-electron chi connectivity index (χ3n) is 3.73. The van der Waals surface area contributed by atoms with Crippen LogP contribution >= 0.6 is 0 Å². The number of rotatable bonds is 6. The summed E-state index contributed by atoms with van der Waals surface area (Å²) in [6, 6.07) is 6.43. The predicted octanol–water partition coefficient (Wildman–Crippen LogP) is 1.90. The Labute approximate surface area is 120 Å². The fraction of sp³-hybridized carbons (Fsp3) is 0.562. The van der Waals surface area contributed by atoms with E-state index in [0.717, 1.165) is 38.3 Å². The minimum absolute atomic E-state index is 0.0848. The van der Waals surface area contributed by atoms with Crippen LogP contribution in [0.3, 0.4) is 0 Å². The van der Waals surface area contributed by atoms with Gasteiger partial charge in [-0.2, -0.15) is 0 Å². The summed E-state index contributed by atoms with van der Waals surface area (Å²) in [5.74, 6) is 0.798. The molecule has 4 nitrogen and oxygen atoms in total. The first-order valence-electron chi connectivity index (χ1n) is 7.11. The quantitative estimate of drug-likeness (QED) is 0.745. The second-order valence-corrected chi connectivity index (χ2v) is 5.48. The average Bonchev–Trinajstić information content (AvgIpc) is 2.91. The van der Waals surface area contributed by atoms with E-state index in [4.69, 9.17) is 9.47 Å². The van der Waals surface area contributed by atoms with Crippen LogP contribution in [0.25, 0.3) is 0 Å². The summed E-state index contributed by atoms with van der Waals surface area (Å²) in [7, 11) is 3.47. The number of hydrogen-bond donors (Lipinski definition) is 0. The van der Waals surface area contributed by atoms with Gasteiger partial charge < -0.3 is 14.4 Å². The first-order valence-corrected chi connectivity index (χ1v) is 7.11. The van der Waals surface area contributed by atoms with E-state index >= 15 is 0 Å². The van der Waals surface area contributed by atoms with Crippen LogP contribution in [0, 0.1) is 5.92 Å². The van der Waals surface area contributed by atoms with Gasteiger partial charge in [0.1, 0.15) is 5.75 Å². The van der Waals surface area contributed by atoms with E-state index < -0.39 is 0 Å². The Bertz CT molecular complexity index is 473. The minimum atomic E-state index is -0.147. The van der Waals surface area contributed by atoms with Crippen molar-refractivity contribution in [2.24, 2.45) is 5.92 Å². The third-order valence-corrected chi connectivity index (χ3v) is 3.73. The summed E-state index contributed by atoms with van der Waals surface area (Å²) >= 11 is 0. The van der Waals surface area contributed by atoms with Crippen molar-refractivity contribution in [2.45, 2.75) is 19.8 Å². The van der Waals surface area contributed by atoms with E-state index in [1.165, 1.54) is 18.2 Å². The van der Waals surface area contributed by atoms with Crippen LogP contribution in [-0.2, 0) is 22.4 Å². The largest absolute Gasteiger partial charge is 0.493 e. The molecule has 1 aromatic rings. The fourth-order valence-electron chi connectivity index (χ4n) is 2.55. The number of carbonyl (C=O) groups is 1. The van der Waals surface area contributed by atoms with Gasteiger partial charge in [0, 0.05) is 19.5 Å². The molecule has 0 aliphatic carbocycles. The summed E-state index contributed by atoms with van der Waals surface area (Å²) < 4.78 is 10.3. The van der Waals surface area contributed by atoms with Gasteiger partial charge >= 0.3 is 5.97 Å². The smallest absolute Gasteiger partial charge is 0.309 e. The number of benzene rings is 1. The van der Waals surface area contributed by atoms with Crippen molar-refractivity contribution in [1.29, 1.82) is 0 Å². The van der Waals surface area contributed by atoms with Gasteiger partial charge in [-0.15, -0.1) is 0 Å². The van der Waals surface area contributed by atoms with Crippen LogP contribution < -0.4 is 4.74 Å². The zero-order chi connectivity index (χ0) is 14.5. The van der Waals surface area contributed by atoms with Crippen LogP contribution in [0.4, 0.5) is 0 Å². The highest BCUT2D eigenvalue weighted by atomic mass is 16.5. The van der Waals surface area contributed by atoms with E-state index in [2.05, 4.69) is 23.1 Å². The number of hydrogen-bond acceptors (Lipinski definition) is 4. The molecule has 0 radical (unpaired) electrons. The first kappa shape index (κ1) is 14.9. The molecule has 1 aliphatic heterocycles. The van der Waals surface area contributed by atoms with E-state index in [0.29, 0.717) is 0 Å². The number of ether oxygens (including phenoxy) is 2. The zero-order valence-electron chi connectivity index (χ0n) is 12.5. The van der Waals surface area contributed by atoms with E-state index in [1.54, 1.807) is 0 Å². The minimum Gasteiger partial charge on any atom is -0.493 e. The molecule has 1 aromatic carbocycles. The summed E-state index contributed by atoms with van der Waals surface area (Å²) in [6.07, 6.45) is 2.00. The maximum absolute atomic E-state index is 11.4. The Balaban J connectivity index is 1.81. The topological polar surface area (TPSA) is 38.8 Å². The van der Waals surface area contributed by atoms with Gasteiger partial charge in [-0.25, -0.2) is 0 Å². The van der Waals surface area contributed by atoms with Crippen molar-refractivity contribution in [3.8, 4) is 5.75 Å². The SMILES string of the molecule is COC(=O)C(C)CN(C)CCc1ccc2c(c1)CCO2. The second kappa shape index (κ2) is 6.75. The highest BCUT2D eigenvalue weighted by Crippen LogP contribution is 2.26. The molecule has 4 heteroatoms. The number of methoxy groups -OCH3 is 1. The Morgan fingerprint density at radius 3 is 3.05 bits per heavy atom. The van der Waals surface area contributed by atoms with Crippen LogP contribution in [0.2, 0.25) is 0 Å². The van der Waals surface area contributed by atoms with Gasteiger partial charge in [0.05, 0.1) is 19.6 Å². The number of likely N-dealkylation sites (N-methyl/N-ethyl adjacent to an activating group) is 1. The van der Waals surface area contributed by atoms with Gasteiger partial charge in [-0.1, -0.05) is 19.1 Å². The van der Waals surface area contributed by atoms with Crippen molar-refractivity contribution < 1.29 is 14.3 Å². The maximum atomic E-state index is 11.4. The average molecular weight is 277 g/mol. The molecule has 1 unspecified atom stereocenters. The van der Waals surface area contributed by atoms with Crippen molar-refractivity contribution >= 4 is 5.97 Å². The summed E-state index contributed by atoms with van der Waals surface area (Å²) in [5, 5.41) is 0. The molecule has 0 bridgehead atoms. The van der Waals surface area contributed by atoms with Crippen molar-refractivity contribution in [1.82, 2.24) is 4.90 Å². The second-order valence-electron chi connectivity index (χ2n) is 5.48. The van der Waals surface area contributed by atoms with Crippen molar-refractivity contribution in [3.05, 3.63) is 29.3 Å². The normalized spacial score (nSPS) is 14.8. The molecule has 1 aliphatic rings. The fourth-order valence-corrected chi connectivity index (χ4v) is 2.55. The summed E-state index contributed by atoms with van der Waals surface area (Å²) in [5.41, 5.74) is 2.64. The molecule has 1 heterocycles. The lowest BCUT2D eigenvalue weighted by atomic mass is 10.1. The Kier molecular flexibility index (Phi) is 5.01. The number of nitrogens with zero attached hydrogens (tertiary/aromatic N) is 1. The van der Waals surface area contributed by atoms with E-state index in [-0.39, 0.29) is 11.9 Å². The molecule has 1 atom stereocenters. The van der Waals surface area contributed by atoms with Gasteiger partial charge in [-0.05, 0) is 30.7 Å². The Morgan fingerprint density at radius 2 is 2.30 bits per heavy atom. The summed E-state index contributed by atoms with van der Waals surface area (Å²) in [6.45, 7) is 4.35. The molecular formula is C16H23NO3. The Hall–Kier alpha value is -1.55. The van der Waals surface area contributed by atoms with Gasteiger partial charge in [-0.3, -0.25) is 4.79 Å². The highest BCUT2D eigenvalue weighted by Gasteiger charge is 2.16. The van der Waals surface area contributed by atoms with Gasteiger partial charge in [0.25, 0.3) is 0 Å². The number of carbonyl (C=O) groups excluding carboxylic acids is 1. The van der Waals surface area contributed by atoms with Gasteiger partial charge in [0.2, 0.25) is 0 Å². The summed E-state index contributed by atoms with van der Waals surface area (Å²) in [4.78, 5) is 13.6. The molecular weight excluding hydrogens is 254 g/mol. The first-order chi connectivity index (χ1) is 9.60. The number of fused-ring (bicyclic) bond motifs is 1. The molecule has 110 valence electrons. The van der Waals surface area contributed by atoms with Crippen LogP contribution in [0.1, 0.15) is 18.1 Å². The molecule has 0 fully saturated rings. The van der Waals surface area contributed by atoms with E-state index in [9.17, 15) is 4.79 Å². The highest BCUT2D eigenvalue weighted by molar-refractivity contribution is 5.72. The molecule has 0 spiro atoms. The standard InChI is InChI=1S/C16H23NO3/c1-12(16(18)19-3)11-17(2)8-6-13-4-5-15-14(10-13)7-9-20-15/h4-5,10,12H,6-9,11H2,1-3H3. The van der Waals surface area contributed by atoms with Gasteiger partial charge in [0.15, 0.2) is 0 Å². The Morgan fingerprint density at radius 1 is 1.50 bits per heavy atom. The predicted molar refractivity (Wildman–Crippen MR) is 78.0 cm³/mol. The molecule has 0 N–H and O–H groups in total. The van der Waals surface area contributed by atoms with Crippen molar-refractivity contribution in [2.75, 3.05) is 33.9 Å². The number of esters is 1. The molecule has 2 rings (SSSR count). The third kappa shape index (κ3) is 3.73. The van der Waals surface area contributed by atoms with Crippen LogP contribution in [0.5, 0.6) is 5.75 Å². The van der Waals surface area contributed by atoms with E-state index in [1.807, 2.05) is 14.0 Å². The van der Waals surface area contributed by atoms with Crippen molar-refractivity contribution in [3.63, 3.8) is 0 Å². The lowest BCUT2D eigenvalue weighted by molar-refractivity contribution is -0.145. The van der Waals surface area contributed by atoms with Crippen LogP contribution in [0.15, 0.2) is 18.2 Å². The lowest BCUT2D eigenvalue weighted by Crippen LogP contribution is -2.30. The monoisotopic (exact) mass is 277 g/mol.